The number of hydrogen-bond acceptors (Lipinski definition) is 3. The molecule has 1 atom stereocenters. The van der Waals surface area contributed by atoms with Crippen LogP contribution in [-0.4, -0.2) is 11.5 Å². The smallest absolute Gasteiger partial charge is 0.146 e. The lowest BCUT2D eigenvalue weighted by Gasteiger charge is -2.18. The van der Waals surface area contributed by atoms with Crippen LogP contribution in [0.4, 0.5) is 4.39 Å². The van der Waals surface area contributed by atoms with Crippen molar-refractivity contribution in [3.63, 3.8) is 0 Å². The summed E-state index contributed by atoms with van der Waals surface area (Å²) in [6, 6.07) is 3.68. The third-order valence-corrected chi connectivity index (χ3v) is 3.29. The van der Waals surface area contributed by atoms with Crippen molar-refractivity contribution in [1.29, 1.82) is 0 Å². The van der Waals surface area contributed by atoms with Crippen LogP contribution in [0.25, 0.3) is 0 Å². The van der Waals surface area contributed by atoms with Crippen molar-refractivity contribution >= 4 is 11.3 Å². The second-order valence-electron chi connectivity index (χ2n) is 3.84. The van der Waals surface area contributed by atoms with E-state index in [1.54, 1.807) is 23.6 Å². The summed E-state index contributed by atoms with van der Waals surface area (Å²) in [4.78, 5) is 3.79. The number of halogens is 1. The van der Waals surface area contributed by atoms with E-state index in [4.69, 9.17) is 0 Å². The molecule has 2 rings (SSSR count). The summed E-state index contributed by atoms with van der Waals surface area (Å²) in [5.74, 6) is -0.257. The lowest BCUT2D eigenvalue weighted by Crippen LogP contribution is -2.23. The lowest BCUT2D eigenvalue weighted by atomic mass is 10.0. The fourth-order valence-electron chi connectivity index (χ4n) is 1.76. The summed E-state index contributed by atoms with van der Waals surface area (Å²) in [5.41, 5.74) is 1.76. The molecule has 17 heavy (non-hydrogen) atoms. The van der Waals surface area contributed by atoms with E-state index < -0.39 is 0 Å². The Morgan fingerprint density at radius 3 is 3.00 bits per heavy atom. The van der Waals surface area contributed by atoms with Gasteiger partial charge in [-0.05, 0) is 41.4 Å². The number of nitrogens with zero attached hydrogens (tertiary/aromatic N) is 1. The van der Waals surface area contributed by atoms with Gasteiger partial charge >= 0.3 is 0 Å². The Balaban J connectivity index is 2.30. The summed E-state index contributed by atoms with van der Waals surface area (Å²) in [6.07, 6.45) is 3.92. The number of pyridine rings is 1. The van der Waals surface area contributed by atoms with E-state index in [0.29, 0.717) is 5.56 Å². The number of hydrogen-bond donors (Lipinski definition) is 1. The first-order valence-corrected chi connectivity index (χ1v) is 6.62. The minimum absolute atomic E-state index is 0.0794. The third kappa shape index (κ3) is 2.90. The van der Waals surface area contributed by atoms with E-state index in [1.165, 1.54) is 6.20 Å². The zero-order chi connectivity index (χ0) is 12.1. The van der Waals surface area contributed by atoms with Crippen LogP contribution in [0.15, 0.2) is 35.3 Å². The SMILES string of the molecule is CCCNC(c1ccsc1)c1ccncc1F. The Morgan fingerprint density at radius 1 is 1.47 bits per heavy atom. The maximum absolute atomic E-state index is 13.8. The van der Waals surface area contributed by atoms with Crippen LogP contribution >= 0.6 is 11.3 Å². The topological polar surface area (TPSA) is 24.9 Å². The summed E-state index contributed by atoms with van der Waals surface area (Å²) >= 11 is 1.62. The molecule has 2 aromatic heterocycles. The van der Waals surface area contributed by atoms with Crippen LogP contribution in [0.3, 0.4) is 0 Å². The highest BCUT2D eigenvalue weighted by Gasteiger charge is 2.17. The van der Waals surface area contributed by atoms with Crippen LogP contribution in [0, 0.1) is 5.82 Å². The first-order valence-electron chi connectivity index (χ1n) is 5.67. The largest absolute Gasteiger partial charge is 0.306 e. The van der Waals surface area contributed by atoms with Crippen molar-refractivity contribution in [3.05, 3.63) is 52.2 Å². The van der Waals surface area contributed by atoms with Gasteiger partial charge in [0.2, 0.25) is 0 Å². The first kappa shape index (κ1) is 12.2. The quantitative estimate of drug-likeness (QED) is 0.880. The van der Waals surface area contributed by atoms with Crippen LogP contribution in [-0.2, 0) is 0 Å². The zero-order valence-corrected chi connectivity index (χ0v) is 10.5. The van der Waals surface area contributed by atoms with E-state index in [2.05, 4.69) is 17.2 Å². The second-order valence-corrected chi connectivity index (χ2v) is 4.62. The lowest BCUT2D eigenvalue weighted by molar-refractivity contribution is 0.544. The maximum atomic E-state index is 13.8. The zero-order valence-electron chi connectivity index (χ0n) is 9.69. The standard InChI is InChI=1S/C13H15FN2S/c1-2-5-16-13(10-4-7-17-9-10)11-3-6-15-8-12(11)14/h3-4,6-9,13,16H,2,5H2,1H3. The molecule has 0 amide bonds. The highest BCUT2D eigenvalue weighted by Crippen LogP contribution is 2.25. The van der Waals surface area contributed by atoms with Gasteiger partial charge in [-0.3, -0.25) is 4.98 Å². The van der Waals surface area contributed by atoms with E-state index in [1.807, 2.05) is 16.8 Å². The maximum Gasteiger partial charge on any atom is 0.146 e. The summed E-state index contributed by atoms with van der Waals surface area (Å²) in [5, 5.41) is 7.43. The molecule has 0 saturated carbocycles. The van der Waals surface area contributed by atoms with Gasteiger partial charge in [-0.2, -0.15) is 11.3 Å². The van der Waals surface area contributed by atoms with E-state index in [0.717, 1.165) is 18.5 Å². The fourth-order valence-corrected chi connectivity index (χ4v) is 2.44. The summed E-state index contributed by atoms with van der Waals surface area (Å²) < 4.78 is 13.8. The van der Waals surface area contributed by atoms with Gasteiger partial charge in [-0.25, -0.2) is 4.39 Å². The van der Waals surface area contributed by atoms with Crippen LogP contribution in [0.1, 0.15) is 30.5 Å². The molecule has 1 N–H and O–H groups in total. The van der Waals surface area contributed by atoms with Gasteiger partial charge in [0.05, 0.1) is 12.2 Å². The molecule has 0 spiro atoms. The molecule has 4 heteroatoms. The molecule has 0 aliphatic heterocycles. The first-order chi connectivity index (χ1) is 8.33. The second kappa shape index (κ2) is 5.89. The highest BCUT2D eigenvalue weighted by molar-refractivity contribution is 7.08. The molecule has 1 unspecified atom stereocenters. The molecule has 2 heterocycles. The van der Waals surface area contributed by atoms with Crippen LogP contribution in [0.5, 0.6) is 0 Å². The van der Waals surface area contributed by atoms with Crippen molar-refractivity contribution in [2.75, 3.05) is 6.54 Å². The van der Waals surface area contributed by atoms with Gasteiger partial charge in [-0.1, -0.05) is 6.92 Å². The number of thiophene rings is 1. The molecule has 90 valence electrons. The molecule has 0 saturated heterocycles. The van der Waals surface area contributed by atoms with Crippen molar-refractivity contribution < 1.29 is 4.39 Å². The van der Waals surface area contributed by atoms with Crippen LogP contribution in [0.2, 0.25) is 0 Å². The van der Waals surface area contributed by atoms with Crippen molar-refractivity contribution in [1.82, 2.24) is 10.3 Å². The van der Waals surface area contributed by atoms with Crippen molar-refractivity contribution in [2.24, 2.45) is 0 Å². The Kier molecular flexibility index (Phi) is 4.23. The minimum Gasteiger partial charge on any atom is -0.306 e. The van der Waals surface area contributed by atoms with Crippen molar-refractivity contribution in [2.45, 2.75) is 19.4 Å². The average molecular weight is 250 g/mol. The van der Waals surface area contributed by atoms with E-state index in [-0.39, 0.29) is 11.9 Å². The molecule has 2 nitrogen and oxygen atoms in total. The van der Waals surface area contributed by atoms with Crippen molar-refractivity contribution in [3.8, 4) is 0 Å². The van der Waals surface area contributed by atoms with Gasteiger partial charge in [0.1, 0.15) is 5.82 Å². The fraction of sp³-hybridized carbons (Fsp3) is 0.308. The van der Waals surface area contributed by atoms with Crippen LogP contribution < -0.4 is 5.32 Å². The Bertz CT molecular complexity index is 456. The molecule has 0 aliphatic rings. The van der Waals surface area contributed by atoms with E-state index >= 15 is 0 Å². The average Bonchev–Trinajstić information content (AvgIpc) is 2.85. The molecular weight excluding hydrogens is 235 g/mol. The third-order valence-electron chi connectivity index (χ3n) is 2.59. The van der Waals surface area contributed by atoms with Gasteiger partial charge in [0.25, 0.3) is 0 Å². The van der Waals surface area contributed by atoms with Gasteiger partial charge in [-0.15, -0.1) is 0 Å². The van der Waals surface area contributed by atoms with Gasteiger partial charge in [0.15, 0.2) is 0 Å². The normalized spacial score (nSPS) is 12.6. The predicted octanol–water partition coefficient (Wildman–Crippen LogP) is 3.37. The predicted molar refractivity (Wildman–Crippen MR) is 68.7 cm³/mol. The Labute approximate surface area is 105 Å². The highest BCUT2D eigenvalue weighted by atomic mass is 32.1. The Morgan fingerprint density at radius 2 is 2.35 bits per heavy atom. The molecule has 0 aromatic carbocycles. The molecule has 0 aliphatic carbocycles. The Hall–Kier alpha value is -1.26. The monoisotopic (exact) mass is 250 g/mol. The van der Waals surface area contributed by atoms with Gasteiger partial charge in [0, 0.05) is 11.8 Å². The van der Waals surface area contributed by atoms with E-state index in [9.17, 15) is 4.39 Å². The number of aromatic nitrogens is 1. The summed E-state index contributed by atoms with van der Waals surface area (Å²) in [7, 11) is 0. The van der Waals surface area contributed by atoms with Gasteiger partial charge < -0.3 is 5.32 Å². The molecule has 0 radical (unpaired) electrons. The summed E-state index contributed by atoms with van der Waals surface area (Å²) in [6.45, 7) is 2.96. The minimum atomic E-state index is -0.257. The molecule has 0 fully saturated rings. The molecule has 2 aromatic rings. The number of nitrogens with one attached hydrogen (secondary N) is 1. The molecular formula is C13H15FN2S. The molecule has 0 bridgehead atoms. The number of rotatable bonds is 5.